The highest BCUT2D eigenvalue weighted by molar-refractivity contribution is 9.10. The van der Waals surface area contributed by atoms with Crippen molar-refractivity contribution in [3.05, 3.63) is 68.1 Å². The molecular formula is C16H17BrClN. The Morgan fingerprint density at radius 2 is 1.79 bits per heavy atom. The van der Waals surface area contributed by atoms with Gasteiger partial charge in [-0.1, -0.05) is 51.3 Å². The fraction of sp³-hybridized carbons (Fsp3) is 0.250. The minimum Gasteiger partial charge on any atom is -0.309 e. The van der Waals surface area contributed by atoms with Crippen molar-refractivity contribution < 1.29 is 0 Å². The van der Waals surface area contributed by atoms with Gasteiger partial charge in [-0.05, 0) is 55.8 Å². The minimum atomic E-state index is 0.132. The molecule has 100 valence electrons. The van der Waals surface area contributed by atoms with Crippen molar-refractivity contribution in [2.24, 2.45) is 0 Å². The van der Waals surface area contributed by atoms with Crippen LogP contribution in [0, 0.1) is 13.8 Å². The maximum Gasteiger partial charge on any atom is 0.0588 e. The Hall–Kier alpha value is -0.830. The quantitative estimate of drug-likeness (QED) is 0.828. The van der Waals surface area contributed by atoms with Crippen LogP contribution in [0.2, 0.25) is 5.02 Å². The van der Waals surface area contributed by atoms with Crippen LogP contribution < -0.4 is 5.32 Å². The highest BCUT2D eigenvalue weighted by Gasteiger charge is 2.17. The van der Waals surface area contributed by atoms with E-state index in [4.69, 9.17) is 11.6 Å². The molecule has 19 heavy (non-hydrogen) atoms. The smallest absolute Gasteiger partial charge is 0.0588 e. The molecule has 0 radical (unpaired) electrons. The second kappa shape index (κ2) is 6.08. The second-order valence-electron chi connectivity index (χ2n) is 4.75. The number of aryl methyl sites for hydroxylation is 2. The Balaban J connectivity index is 2.55. The largest absolute Gasteiger partial charge is 0.309 e. The Labute approximate surface area is 128 Å². The number of nitrogens with one attached hydrogen (secondary N) is 1. The van der Waals surface area contributed by atoms with E-state index in [0.29, 0.717) is 0 Å². The van der Waals surface area contributed by atoms with Gasteiger partial charge in [0.1, 0.15) is 0 Å². The fourth-order valence-electron chi connectivity index (χ4n) is 2.29. The number of halogens is 2. The first kappa shape index (κ1) is 14.6. The predicted molar refractivity (Wildman–Crippen MR) is 86.0 cm³/mol. The van der Waals surface area contributed by atoms with E-state index in [2.05, 4.69) is 53.3 Å². The van der Waals surface area contributed by atoms with Gasteiger partial charge >= 0.3 is 0 Å². The average molecular weight is 339 g/mol. The van der Waals surface area contributed by atoms with Crippen LogP contribution in [-0.4, -0.2) is 7.05 Å². The second-order valence-corrected chi connectivity index (χ2v) is 6.04. The van der Waals surface area contributed by atoms with Gasteiger partial charge in [-0.3, -0.25) is 0 Å². The molecule has 1 N–H and O–H groups in total. The summed E-state index contributed by atoms with van der Waals surface area (Å²) in [5.74, 6) is 0. The van der Waals surface area contributed by atoms with Crippen molar-refractivity contribution >= 4 is 27.5 Å². The molecular weight excluding hydrogens is 322 g/mol. The Morgan fingerprint density at radius 3 is 2.47 bits per heavy atom. The molecule has 2 aromatic carbocycles. The lowest BCUT2D eigenvalue weighted by Gasteiger charge is -2.21. The first-order valence-corrected chi connectivity index (χ1v) is 7.39. The van der Waals surface area contributed by atoms with Crippen LogP contribution in [0.4, 0.5) is 0 Å². The summed E-state index contributed by atoms with van der Waals surface area (Å²) < 4.78 is 1.07. The highest BCUT2D eigenvalue weighted by atomic mass is 79.9. The van der Waals surface area contributed by atoms with Crippen molar-refractivity contribution in [2.75, 3.05) is 7.05 Å². The normalized spacial score (nSPS) is 12.5. The summed E-state index contributed by atoms with van der Waals surface area (Å²) in [6.45, 7) is 4.25. The molecule has 0 amide bonds. The zero-order valence-corrected chi connectivity index (χ0v) is 13.6. The summed E-state index contributed by atoms with van der Waals surface area (Å²) in [5, 5.41) is 4.14. The summed E-state index contributed by atoms with van der Waals surface area (Å²) in [7, 11) is 1.97. The monoisotopic (exact) mass is 337 g/mol. The molecule has 0 aliphatic carbocycles. The van der Waals surface area contributed by atoms with E-state index in [1.807, 2.05) is 25.2 Å². The molecule has 2 rings (SSSR count). The van der Waals surface area contributed by atoms with E-state index >= 15 is 0 Å². The molecule has 1 atom stereocenters. The Bertz CT molecular complexity index is 544. The van der Waals surface area contributed by atoms with Gasteiger partial charge in [-0.15, -0.1) is 0 Å². The molecule has 2 aromatic rings. The van der Waals surface area contributed by atoms with E-state index in [-0.39, 0.29) is 6.04 Å². The first-order chi connectivity index (χ1) is 9.02. The van der Waals surface area contributed by atoms with E-state index < -0.39 is 0 Å². The number of hydrogen-bond acceptors (Lipinski definition) is 1. The molecule has 0 spiro atoms. The first-order valence-electron chi connectivity index (χ1n) is 6.22. The highest BCUT2D eigenvalue weighted by Crippen LogP contribution is 2.32. The molecule has 1 unspecified atom stereocenters. The third-order valence-electron chi connectivity index (χ3n) is 3.30. The molecule has 0 aromatic heterocycles. The van der Waals surface area contributed by atoms with Crippen LogP contribution in [-0.2, 0) is 0 Å². The lowest BCUT2D eigenvalue weighted by Crippen LogP contribution is -2.19. The van der Waals surface area contributed by atoms with Gasteiger partial charge in [-0.2, -0.15) is 0 Å². The zero-order chi connectivity index (χ0) is 14.0. The van der Waals surface area contributed by atoms with Crippen LogP contribution in [0.5, 0.6) is 0 Å². The molecule has 0 saturated heterocycles. The molecule has 1 nitrogen and oxygen atoms in total. The van der Waals surface area contributed by atoms with Gasteiger partial charge in [0.15, 0.2) is 0 Å². The van der Waals surface area contributed by atoms with Gasteiger partial charge in [-0.25, -0.2) is 0 Å². The minimum absolute atomic E-state index is 0.132. The maximum atomic E-state index is 6.13. The molecule has 0 aliphatic heterocycles. The average Bonchev–Trinajstić information content (AvgIpc) is 2.38. The van der Waals surface area contributed by atoms with Crippen molar-refractivity contribution in [3.63, 3.8) is 0 Å². The third kappa shape index (κ3) is 3.19. The van der Waals surface area contributed by atoms with Crippen molar-refractivity contribution in [3.8, 4) is 0 Å². The summed E-state index contributed by atoms with van der Waals surface area (Å²) in [6.07, 6.45) is 0. The number of rotatable bonds is 3. The Morgan fingerprint density at radius 1 is 1.05 bits per heavy atom. The summed E-state index contributed by atoms with van der Waals surface area (Å²) in [4.78, 5) is 0. The standard InChI is InChI=1S/C16H17BrClN/c1-10-4-5-11(2)13(8-10)16(19-3)14-9-12(18)6-7-15(14)17/h4-9,16,19H,1-3H3. The van der Waals surface area contributed by atoms with Gasteiger partial charge in [0.05, 0.1) is 6.04 Å². The van der Waals surface area contributed by atoms with Gasteiger partial charge < -0.3 is 5.32 Å². The summed E-state index contributed by atoms with van der Waals surface area (Å²) in [6, 6.07) is 12.6. The molecule has 0 heterocycles. The number of benzene rings is 2. The van der Waals surface area contributed by atoms with E-state index in [1.54, 1.807) is 0 Å². The zero-order valence-electron chi connectivity index (χ0n) is 11.3. The van der Waals surface area contributed by atoms with Crippen LogP contribution in [0.3, 0.4) is 0 Å². The molecule has 0 saturated carbocycles. The van der Waals surface area contributed by atoms with Crippen LogP contribution in [0.25, 0.3) is 0 Å². The lowest BCUT2D eigenvalue weighted by atomic mass is 9.94. The molecule has 3 heteroatoms. The van der Waals surface area contributed by atoms with Gasteiger partial charge in [0, 0.05) is 9.50 Å². The summed E-state index contributed by atoms with van der Waals surface area (Å²) in [5.41, 5.74) is 4.98. The van der Waals surface area contributed by atoms with Crippen molar-refractivity contribution in [1.29, 1.82) is 0 Å². The van der Waals surface area contributed by atoms with Gasteiger partial charge in [0.25, 0.3) is 0 Å². The van der Waals surface area contributed by atoms with Crippen molar-refractivity contribution in [2.45, 2.75) is 19.9 Å². The maximum absolute atomic E-state index is 6.13. The lowest BCUT2D eigenvalue weighted by molar-refractivity contribution is 0.684. The van der Waals surface area contributed by atoms with E-state index in [0.717, 1.165) is 15.1 Å². The predicted octanol–water partition coefficient (Wildman–Crippen LogP) is 5.03. The van der Waals surface area contributed by atoms with Gasteiger partial charge in [0.2, 0.25) is 0 Å². The topological polar surface area (TPSA) is 12.0 Å². The molecule has 0 fully saturated rings. The third-order valence-corrected chi connectivity index (χ3v) is 4.26. The van der Waals surface area contributed by atoms with E-state index in [1.165, 1.54) is 16.7 Å². The van der Waals surface area contributed by atoms with Crippen LogP contribution >= 0.6 is 27.5 Å². The van der Waals surface area contributed by atoms with E-state index in [9.17, 15) is 0 Å². The molecule has 0 bridgehead atoms. The SMILES string of the molecule is CNC(c1cc(C)ccc1C)c1cc(Cl)ccc1Br. The number of hydrogen-bond donors (Lipinski definition) is 1. The Kier molecular flexibility index (Phi) is 4.67. The fourth-order valence-corrected chi connectivity index (χ4v) is 2.94. The van der Waals surface area contributed by atoms with Crippen LogP contribution in [0.15, 0.2) is 40.9 Å². The van der Waals surface area contributed by atoms with Crippen LogP contribution in [0.1, 0.15) is 28.3 Å². The molecule has 0 aliphatic rings. The van der Waals surface area contributed by atoms with Crippen molar-refractivity contribution in [1.82, 2.24) is 5.32 Å². The summed E-state index contributed by atoms with van der Waals surface area (Å²) >= 11 is 9.74.